The molecule has 86 valence electrons. The van der Waals surface area contributed by atoms with E-state index in [1.165, 1.54) is 6.92 Å². The summed E-state index contributed by atoms with van der Waals surface area (Å²) in [6, 6.07) is 1.79. The lowest BCUT2D eigenvalue weighted by Gasteiger charge is -2.04. The molecule has 0 aromatic heterocycles. The van der Waals surface area contributed by atoms with E-state index in [4.69, 9.17) is 0 Å². The van der Waals surface area contributed by atoms with Crippen molar-refractivity contribution in [1.29, 1.82) is 0 Å². The van der Waals surface area contributed by atoms with Gasteiger partial charge < -0.3 is 4.74 Å². The van der Waals surface area contributed by atoms with Crippen molar-refractivity contribution in [2.45, 2.75) is 6.92 Å². The highest BCUT2D eigenvalue weighted by Gasteiger charge is 2.23. The van der Waals surface area contributed by atoms with Gasteiger partial charge in [0.2, 0.25) is 0 Å². The van der Waals surface area contributed by atoms with Crippen LogP contribution in [0.15, 0.2) is 16.6 Å². The van der Waals surface area contributed by atoms with Crippen molar-refractivity contribution < 1.29 is 23.1 Å². The van der Waals surface area contributed by atoms with Crippen molar-refractivity contribution in [3.05, 3.63) is 33.8 Å². The average Bonchev–Trinajstić information content (AvgIpc) is 2.26. The minimum absolute atomic E-state index is 0.0336. The van der Waals surface area contributed by atoms with Gasteiger partial charge >= 0.3 is 5.97 Å². The third-order valence-electron chi connectivity index (χ3n) is 1.74. The zero-order valence-electron chi connectivity index (χ0n) is 8.22. The van der Waals surface area contributed by atoms with Crippen LogP contribution in [-0.4, -0.2) is 18.4 Å². The van der Waals surface area contributed by atoms with Crippen molar-refractivity contribution in [2.24, 2.45) is 0 Å². The van der Waals surface area contributed by atoms with E-state index in [1.54, 1.807) is 0 Å². The number of carbonyl (C=O) groups excluding carboxylic acids is 2. The molecule has 0 heterocycles. The van der Waals surface area contributed by atoms with E-state index in [1.807, 2.05) is 0 Å². The van der Waals surface area contributed by atoms with Gasteiger partial charge in [0.25, 0.3) is 5.78 Å². The van der Waals surface area contributed by atoms with Gasteiger partial charge in [-0.3, -0.25) is 4.79 Å². The summed E-state index contributed by atoms with van der Waals surface area (Å²) in [6.07, 6.45) is 0. The molecule has 0 saturated heterocycles. The Morgan fingerprint density at radius 1 is 1.38 bits per heavy atom. The van der Waals surface area contributed by atoms with Crippen LogP contribution < -0.4 is 0 Å². The Kier molecular flexibility index (Phi) is 4.12. The van der Waals surface area contributed by atoms with Crippen molar-refractivity contribution in [3.8, 4) is 0 Å². The number of carbonyl (C=O) groups is 2. The quantitative estimate of drug-likeness (QED) is 0.372. The fourth-order valence-corrected chi connectivity index (χ4v) is 1.51. The molecule has 6 heteroatoms. The van der Waals surface area contributed by atoms with Gasteiger partial charge in [-0.1, -0.05) is 0 Å². The Bertz CT molecular complexity index is 446. The van der Waals surface area contributed by atoms with Crippen molar-refractivity contribution in [2.75, 3.05) is 6.61 Å². The second kappa shape index (κ2) is 5.16. The molecule has 0 bridgehead atoms. The maximum Gasteiger partial charge on any atom is 0.379 e. The lowest BCUT2D eigenvalue weighted by molar-refractivity contribution is -0.137. The van der Waals surface area contributed by atoms with E-state index < -0.39 is 23.4 Å². The van der Waals surface area contributed by atoms with Crippen molar-refractivity contribution in [1.82, 2.24) is 0 Å². The summed E-state index contributed by atoms with van der Waals surface area (Å²) in [5.41, 5.74) is -0.266. The molecule has 0 radical (unpaired) electrons. The van der Waals surface area contributed by atoms with Crippen LogP contribution in [-0.2, 0) is 9.53 Å². The highest BCUT2D eigenvalue weighted by atomic mass is 79.9. The molecule has 0 atom stereocenters. The molecule has 0 unspecified atom stereocenters. The SMILES string of the molecule is CCOC(=O)C(=O)c1ccc(F)c(F)c1Br. The van der Waals surface area contributed by atoms with Crippen LogP contribution in [0.1, 0.15) is 17.3 Å². The Hall–Kier alpha value is -1.30. The first-order valence-corrected chi connectivity index (χ1v) is 5.13. The Balaban J connectivity index is 3.10. The number of esters is 1. The summed E-state index contributed by atoms with van der Waals surface area (Å²) in [5, 5.41) is 0. The van der Waals surface area contributed by atoms with Crippen LogP contribution in [0.3, 0.4) is 0 Å². The summed E-state index contributed by atoms with van der Waals surface area (Å²) in [6.45, 7) is 1.57. The molecule has 16 heavy (non-hydrogen) atoms. The van der Waals surface area contributed by atoms with Crippen LogP contribution in [0.25, 0.3) is 0 Å². The zero-order chi connectivity index (χ0) is 12.3. The van der Waals surface area contributed by atoms with Gasteiger partial charge in [0, 0.05) is 5.56 Å². The minimum atomic E-state index is -1.21. The third kappa shape index (κ3) is 2.44. The van der Waals surface area contributed by atoms with E-state index in [0.717, 1.165) is 12.1 Å². The standard InChI is InChI=1S/C10H7BrF2O3/c1-2-16-10(15)9(14)5-3-4-6(12)8(13)7(5)11/h3-4H,2H2,1H3. The molecule has 3 nitrogen and oxygen atoms in total. The molecule has 0 amide bonds. The molecule has 1 aromatic rings. The number of rotatable bonds is 3. The summed E-state index contributed by atoms with van der Waals surface area (Å²) in [5.74, 6) is -4.44. The summed E-state index contributed by atoms with van der Waals surface area (Å²) in [4.78, 5) is 22.5. The number of hydrogen-bond acceptors (Lipinski definition) is 3. The average molecular weight is 293 g/mol. The highest BCUT2D eigenvalue weighted by molar-refractivity contribution is 9.10. The lowest BCUT2D eigenvalue weighted by atomic mass is 10.1. The molecule has 0 aliphatic rings. The maximum absolute atomic E-state index is 13.1. The van der Waals surface area contributed by atoms with Gasteiger partial charge in [0.05, 0.1) is 11.1 Å². The largest absolute Gasteiger partial charge is 0.460 e. The molecule has 1 rings (SSSR count). The van der Waals surface area contributed by atoms with Gasteiger partial charge in [0.1, 0.15) is 0 Å². The summed E-state index contributed by atoms with van der Waals surface area (Å²) < 4.78 is 29.9. The Labute approximate surface area is 98.5 Å². The Morgan fingerprint density at radius 2 is 2.00 bits per heavy atom. The number of Topliss-reactive ketones (excluding diaryl/α,β-unsaturated/α-hetero) is 1. The lowest BCUT2D eigenvalue weighted by Crippen LogP contribution is -2.18. The molecule has 0 saturated carbocycles. The molecular weight excluding hydrogens is 286 g/mol. The second-order valence-electron chi connectivity index (χ2n) is 2.77. The molecular formula is C10H7BrF2O3. The van der Waals surface area contributed by atoms with E-state index >= 15 is 0 Å². The number of ether oxygens (including phenoxy) is 1. The summed E-state index contributed by atoms with van der Waals surface area (Å²) in [7, 11) is 0. The van der Waals surface area contributed by atoms with Crippen molar-refractivity contribution >= 4 is 27.7 Å². The number of halogens is 3. The topological polar surface area (TPSA) is 43.4 Å². The number of hydrogen-bond donors (Lipinski definition) is 0. The van der Waals surface area contributed by atoms with E-state index in [-0.39, 0.29) is 16.6 Å². The minimum Gasteiger partial charge on any atom is -0.460 e. The molecule has 1 aromatic carbocycles. The van der Waals surface area contributed by atoms with Crippen LogP contribution in [0.4, 0.5) is 8.78 Å². The fraction of sp³-hybridized carbons (Fsp3) is 0.200. The first-order chi connectivity index (χ1) is 7.49. The van der Waals surface area contributed by atoms with Gasteiger partial charge in [-0.15, -0.1) is 0 Å². The third-order valence-corrected chi connectivity index (χ3v) is 2.52. The number of benzene rings is 1. The van der Waals surface area contributed by atoms with Crippen LogP contribution in [0.2, 0.25) is 0 Å². The molecule has 0 N–H and O–H groups in total. The Morgan fingerprint density at radius 3 is 2.56 bits per heavy atom. The normalized spacial score (nSPS) is 10.0. The van der Waals surface area contributed by atoms with Gasteiger partial charge in [0.15, 0.2) is 11.6 Å². The molecule has 0 aliphatic heterocycles. The molecule has 0 aliphatic carbocycles. The van der Waals surface area contributed by atoms with E-state index in [2.05, 4.69) is 20.7 Å². The predicted octanol–water partition coefficient (Wildman–Crippen LogP) is 2.47. The predicted molar refractivity (Wildman–Crippen MR) is 55.0 cm³/mol. The summed E-state index contributed by atoms with van der Waals surface area (Å²) >= 11 is 2.71. The maximum atomic E-state index is 13.1. The van der Waals surface area contributed by atoms with Crippen LogP contribution >= 0.6 is 15.9 Å². The molecule has 0 spiro atoms. The highest BCUT2D eigenvalue weighted by Crippen LogP contribution is 2.23. The van der Waals surface area contributed by atoms with Crippen LogP contribution in [0, 0.1) is 11.6 Å². The zero-order valence-corrected chi connectivity index (χ0v) is 9.81. The van der Waals surface area contributed by atoms with Gasteiger partial charge in [-0.25, -0.2) is 13.6 Å². The first kappa shape index (κ1) is 12.8. The first-order valence-electron chi connectivity index (χ1n) is 4.34. The van der Waals surface area contributed by atoms with Gasteiger partial charge in [-0.05, 0) is 35.0 Å². The van der Waals surface area contributed by atoms with E-state index in [9.17, 15) is 18.4 Å². The van der Waals surface area contributed by atoms with E-state index in [0.29, 0.717) is 0 Å². The number of ketones is 1. The molecule has 0 fully saturated rings. The van der Waals surface area contributed by atoms with Crippen LogP contribution in [0.5, 0.6) is 0 Å². The van der Waals surface area contributed by atoms with Crippen molar-refractivity contribution in [3.63, 3.8) is 0 Å². The fourth-order valence-electron chi connectivity index (χ4n) is 1.01. The smallest absolute Gasteiger partial charge is 0.379 e. The van der Waals surface area contributed by atoms with Gasteiger partial charge in [-0.2, -0.15) is 0 Å². The second-order valence-corrected chi connectivity index (χ2v) is 3.57. The monoisotopic (exact) mass is 292 g/mol.